The van der Waals surface area contributed by atoms with E-state index in [1.807, 2.05) is 29.7 Å². The molecule has 0 radical (unpaired) electrons. The first-order valence-electron chi connectivity index (χ1n) is 12.7. The second-order valence-corrected chi connectivity index (χ2v) is 9.81. The lowest BCUT2D eigenvalue weighted by molar-refractivity contribution is -0.131. The maximum absolute atomic E-state index is 14.3. The number of ether oxygens (including phenoxy) is 1. The van der Waals surface area contributed by atoms with Gasteiger partial charge in [0, 0.05) is 23.8 Å². The summed E-state index contributed by atoms with van der Waals surface area (Å²) in [5, 5.41) is 5.87. The number of nitrogens with one attached hydrogen (secondary N) is 2. The number of imidazole rings is 1. The lowest BCUT2D eigenvalue weighted by Crippen LogP contribution is -2.26. The molecule has 0 atom stereocenters. The Labute approximate surface area is 223 Å². The van der Waals surface area contributed by atoms with Crippen molar-refractivity contribution < 1.29 is 27.1 Å². The smallest absolute Gasteiger partial charge is 0.390 e. The summed E-state index contributed by atoms with van der Waals surface area (Å²) in [7, 11) is 1.39. The number of hydrogen-bond donors (Lipinski definition) is 2. The van der Waals surface area contributed by atoms with Crippen LogP contribution in [0.5, 0.6) is 5.75 Å². The van der Waals surface area contributed by atoms with Gasteiger partial charge in [-0.05, 0) is 85.3 Å². The standard InChI is InChI=1S/C29H28F4N4O2/c1-17-11-21(6-7-22(17)28(38)36-20-4-5-20)37-16-35-27-24(34-10-9-29(31,32)33)14-19(15-25(27)37)12-18-3-8-26(39-2)23(30)13-18/h3,6-8,11,13-16,20,34H,4-5,9-10,12H2,1-2H3,(H,36,38). The summed E-state index contributed by atoms with van der Waals surface area (Å²) in [6.07, 6.45) is -1.35. The molecule has 0 aliphatic heterocycles. The van der Waals surface area contributed by atoms with Gasteiger partial charge in [-0.15, -0.1) is 0 Å². The Hall–Kier alpha value is -4.08. The number of halogens is 4. The molecule has 0 bridgehead atoms. The molecular formula is C29H28F4N4O2. The molecule has 2 N–H and O–H groups in total. The van der Waals surface area contributed by atoms with Crippen LogP contribution in [0.3, 0.4) is 0 Å². The summed E-state index contributed by atoms with van der Waals surface area (Å²) in [5.74, 6) is -0.473. The first-order chi connectivity index (χ1) is 18.6. The van der Waals surface area contributed by atoms with Crippen molar-refractivity contribution in [1.29, 1.82) is 0 Å². The van der Waals surface area contributed by atoms with Gasteiger partial charge in [-0.2, -0.15) is 13.2 Å². The Morgan fingerprint density at radius 2 is 1.90 bits per heavy atom. The predicted octanol–water partition coefficient (Wildman–Crippen LogP) is 6.33. The van der Waals surface area contributed by atoms with Crippen molar-refractivity contribution in [3.05, 3.63) is 82.9 Å². The number of rotatable bonds is 9. The van der Waals surface area contributed by atoms with Gasteiger partial charge in [0.15, 0.2) is 11.6 Å². The van der Waals surface area contributed by atoms with E-state index in [4.69, 9.17) is 4.74 Å². The number of aromatic nitrogens is 2. The Kier molecular flexibility index (Phi) is 7.20. The van der Waals surface area contributed by atoms with Gasteiger partial charge in [-0.25, -0.2) is 9.37 Å². The molecule has 1 aliphatic rings. The lowest BCUT2D eigenvalue weighted by Gasteiger charge is -2.14. The summed E-state index contributed by atoms with van der Waals surface area (Å²) in [5.41, 5.74) is 5.22. The largest absolute Gasteiger partial charge is 0.494 e. The number of aryl methyl sites for hydroxylation is 1. The molecule has 1 fully saturated rings. The summed E-state index contributed by atoms with van der Waals surface area (Å²) in [6.45, 7) is 1.55. The molecule has 6 nitrogen and oxygen atoms in total. The van der Waals surface area contributed by atoms with Gasteiger partial charge in [0.1, 0.15) is 11.8 Å². The molecule has 204 valence electrons. The summed E-state index contributed by atoms with van der Waals surface area (Å²) in [6, 6.07) is 14.0. The molecule has 10 heteroatoms. The zero-order valence-electron chi connectivity index (χ0n) is 21.5. The maximum atomic E-state index is 14.3. The monoisotopic (exact) mass is 540 g/mol. The maximum Gasteiger partial charge on any atom is 0.390 e. The molecule has 4 aromatic rings. The second kappa shape index (κ2) is 10.6. The fourth-order valence-electron chi connectivity index (χ4n) is 4.55. The Morgan fingerprint density at radius 3 is 2.56 bits per heavy atom. The van der Waals surface area contributed by atoms with Crippen LogP contribution >= 0.6 is 0 Å². The van der Waals surface area contributed by atoms with E-state index in [0.717, 1.165) is 29.7 Å². The first-order valence-corrected chi connectivity index (χ1v) is 12.7. The van der Waals surface area contributed by atoms with Crippen LogP contribution in [0.2, 0.25) is 0 Å². The number of amides is 1. The van der Waals surface area contributed by atoms with Crippen molar-refractivity contribution in [2.24, 2.45) is 0 Å². The molecular weight excluding hydrogens is 512 g/mol. The molecule has 1 aliphatic carbocycles. The number of methoxy groups -OCH3 is 1. The third-order valence-corrected chi connectivity index (χ3v) is 6.71. The molecule has 0 saturated heterocycles. The van der Waals surface area contributed by atoms with E-state index in [-0.39, 0.29) is 24.2 Å². The van der Waals surface area contributed by atoms with Crippen LogP contribution in [0, 0.1) is 12.7 Å². The van der Waals surface area contributed by atoms with E-state index < -0.39 is 18.4 Å². The van der Waals surface area contributed by atoms with E-state index in [2.05, 4.69) is 15.6 Å². The molecule has 1 amide bonds. The van der Waals surface area contributed by atoms with Gasteiger partial charge < -0.3 is 15.4 Å². The third-order valence-electron chi connectivity index (χ3n) is 6.71. The minimum absolute atomic E-state index is 0.109. The van der Waals surface area contributed by atoms with Gasteiger partial charge in [0.05, 0.1) is 24.7 Å². The predicted molar refractivity (Wildman–Crippen MR) is 141 cm³/mol. The number of alkyl halides is 3. The fraction of sp³-hybridized carbons (Fsp3) is 0.310. The number of carbonyl (C=O) groups is 1. The number of carbonyl (C=O) groups excluding carboxylic acids is 1. The zero-order chi connectivity index (χ0) is 27.7. The topological polar surface area (TPSA) is 68.2 Å². The van der Waals surface area contributed by atoms with Crippen LogP contribution in [0.4, 0.5) is 23.2 Å². The number of hydrogen-bond acceptors (Lipinski definition) is 4. The number of fused-ring (bicyclic) bond motifs is 1. The number of benzene rings is 3. The van der Waals surface area contributed by atoms with Crippen LogP contribution in [0.1, 0.15) is 46.3 Å². The van der Waals surface area contributed by atoms with Crippen LogP contribution < -0.4 is 15.4 Å². The number of nitrogens with zero attached hydrogens (tertiary/aromatic N) is 2. The minimum Gasteiger partial charge on any atom is -0.494 e. The van der Waals surface area contributed by atoms with Crippen LogP contribution in [-0.4, -0.2) is 41.3 Å². The Bertz CT molecular complexity index is 1530. The van der Waals surface area contributed by atoms with Crippen molar-refractivity contribution in [3.63, 3.8) is 0 Å². The highest BCUT2D eigenvalue weighted by molar-refractivity contribution is 5.96. The molecule has 39 heavy (non-hydrogen) atoms. The average molecular weight is 541 g/mol. The molecule has 1 heterocycles. The lowest BCUT2D eigenvalue weighted by atomic mass is 10.0. The van der Waals surface area contributed by atoms with E-state index in [1.54, 1.807) is 30.6 Å². The molecule has 1 aromatic heterocycles. The summed E-state index contributed by atoms with van der Waals surface area (Å²) >= 11 is 0. The highest BCUT2D eigenvalue weighted by Gasteiger charge is 2.27. The summed E-state index contributed by atoms with van der Waals surface area (Å²) in [4.78, 5) is 17.1. The molecule has 1 saturated carbocycles. The van der Waals surface area contributed by atoms with E-state index in [9.17, 15) is 22.4 Å². The van der Waals surface area contributed by atoms with Crippen LogP contribution in [0.25, 0.3) is 16.7 Å². The number of anilines is 1. The molecule has 5 rings (SSSR count). The van der Waals surface area contributed by atoms with Crippen molar-refractivity contribution in [1.82, 2.24) is 14.9 Å². The SMILES string of the molecule is COc1ccc(Cc2cc(NCCC(F)(F)F)c3ncn(-c4ccc(C(=O)NC5CC5)c(C)c4)c3c2)cc1F. The van der Waals surface area contributed by atoms with Crippen molar-refractivity contribution in [3.8, 4) is 11.4 Å². The second-order valence-electron chi connectivity index (χ2n) is 9.81. The Balaban J connectivity index is 1.51. The van der Waals surface area contributed by atoms with Crippen LogP contribution in [-0.2, 0) is 6.42 Å². The quantitative estimate of drug-likeness (QED) is 0.244. The fourth-order valence-corrected chi connectivity index (χ4v) is 4.55. The Morgan fingerprint density at radius 1 is 1.10 bits per heavy atom. The van der Waals surface area contributed by atoms with Gasteiger partial charge >= 0.3 is 6.18 Å². The van der Waals surface area contributed by atoms with Gasteiger partial charge in [0.2, 0.25) is 0 Å². The highest BCUT2D eigenvalue weighted by atomic mass is 19.4. The average Bonchev–Trinajstić information content (AvgIpc) is 3.58. The van der Waals surface area contributed by atoms with Crippen molar-refractivity contribution in [2.45, 2.75) is 44.8 Å². The molecule has 3 aromatic carbocycles. The van der Waals surface area contributed by atoms with Crippen LogP contribution in [0.15, 0.2) is 54.9 Å². The third kappa shape index (κ3) is 6.16. The normalized spacial score (nSPS) is 13.5. The molecule has 0 spiro atoms. The summed E-state index contributed by atoms with van der Waals surface area (Å²) < 4.78 is 59.6. The van der Waals surface area contributed by atoms with Gasteiger partial charge in [-0.1, -0.05) is 6.07 Å². The minimum atomic E-state index is -4.30. The van der Waals surface area contributed by atoms with E-state index >= 15 is 0 Å². The first kappa shape index (κ1) is 26.5. The van der Waals surface area contributed by atoms with Crippen molar-refractivity contribution in [2.75, 3.05) is 19.0 Å². The highest BCUT2D eigenvalue weighted by Crippen LogP contribution is 2.30. The molecule has 0 unspecified atom stereocenters. The van der Waals surface area contributed by atoms with Gasteiger partial charge in [-0.3, -0.25) is 9.36 Å². The van der Waals surface area contributed by atoms with E-state index in [0.29, 0.717) is 34.3 Å². The van der Waals surface area contributed by atoms with Crippen molar-refractivity contribution >= 4 is 22.6 Å². The zero-order valence-corrected chi connectivity index (χ0v) is 21.5. The van der Waals surface area contributed by atoms with Gasteiger partial charge in [0.25, 0.3) is 5.91 Å². The van der Waals surface area contributed by atoms with E-state index in [1.165, 1.54) is 13.2 Å².